The maximum Gasteiger partial charge on any atom is 0.352 e. The van der Waals surface area contributed by atoms with Crippen LogP contribution >= 0.6 is 15.9 Å². The number of carbonyl (C=O) groups excluding carboxylic acids is 1. The van der Waals surface area contributed by atoms with Crippen LogP contribution in [0.25, 0.3) is 6.08 Å². The minimum Gasteiger partial charge on any atom is -0.477 e. The Kier molecular flexibility index (Phi) is 3.86. The minimum absolute atomic E-state index is 0.00142. The third-order valence-corrected chi connectivity index (χ3v) is 2.53. The molecule has 6 nitrogen and oxygen atoms in total. The summed E-state index contributed by atoms with van der Waals surface area (Å²) in [5, 5.41) is 11.2. The van der Waals surface area contributed by atoms with Gasteiger partial charge in [0.05, 0.1) is 6.26 Å². The summed E-state index contributed by atoms with van der Waals surface area (Å²) in [7, 11) is 0. The summed E-state index contributed by atoms with van der Waals surface area (Å²) in [4.78, 5) is 22.8. The molecule has 0 unspecified atom stereocenters. The van der Waals surface area contributed by atoms with E-state index in [0.717, 1.165) is 0 Å². The molecule has 2 aromatic rings. The molecular formula is C12H8BrNO5. The molecule has 2 heterocycles. The molecule has 0 aliphatic heterocycles. The fourth-order valence-corrected chi connectivity index (χ4v) is 1.59. The number of furan rings is 2. The largest absolute Gasteiger partial charge is 0.477 e. The number of nitrogens with one attached hydrogen (secondary N) is 1. The molecule has 0 bridgehead atoms. The second-order valence-corrected chi connectivity index (χ2v) is 4.22. The number of carbonyl (C=O) groups is 2. The van der Waals surface area contributed by atoms with E-state index in [4.69, 9.17) is 13.9 Å². The molecule has 0 fully saturated rings. The van der Waals surface area contributed by atoms with Crippen molar-refractivity contribution in [2.24, 2.45) is 0 Å². The Morgan fingerprint density at radius 3 is 2.63 bits per heavy atom. The molecule has 19 heavy (non-hydrogen) atoms. The smallest absolute Gasteiger partial charge is 0.352 e. The van der Waals surface area contributed by atoms with Gasteiger partial charge in [-0.15, -0.1) is 0 Å². The Bertz CT molecular complexity index is 626. The molecule has 0 atom stereocenters. The van der Waals surface area contributed by atoms with Crippen LogP contribution in [0.5, 0.6) is 0 Å². The SMILES string of the molecule is O=C(O)C(=Cc1ccco1)NC(=O)c1ccc(Br)o1. The Labute approximate surface area is 115 Å². The van der Waals surface area contributed by atoms with Gasteiger partial charge in [-0.25, -0.2) is 4.79 Å². The first-order valence-electron chi connectivity index (χ1n) is 5.11. The fourth-order valence-electron chi connectivity index (χ4n) is 1.29. The van der Waals surface area contributed by atoms with Crippen LogP contribution in [-0.2, 0) is 4.79 Å². The lowest BCUT2D eigenvalue weighted by Crippen LogP contribution is -2.26. The average molecular weight is 326 g/mol. The molecule has 7 heteroatoms. The van der Waals surface area contributed by atoms with Gasteiger partial charge in [0.1, 0.15) is 11.5 Å². The van der Waals surface area contributed by atoms with E-state index in [9.17, 15) is 9.59 Å². The fraction of sp³-hybridized carbons (Fsp3) is 0. The first-order chi connectivity index (χ1) is 9.06. The van der Waals surface area contributed by atoms with Crippen LogP contribution in [0.4, 0.5) is 0 Å². The molecule has 0 radical (unpaired) electrons. The Morgan fingerprint density at radius 1 is 1.32 bits per heavy atom. The van der Waals surface area contributed by atoms with E-state index in [0.29, 0.717) is 10.4 Å². The zero-order valence-electron chi connectivity index (χ0n) is 9.42. The zero-order chi connectivity index (χ0) is 13.8. The lowest BCUT2D eigenvalue weighted by atomic mass is 10.3. The van der Waals surface area contributed by atoms with Crippen molar-refractivity contribution in [3.63, 3.8) is 0 Å². The Balaban J connectivity index is 2.18. The lowest BCUT2D eigenvalue weighted by Gasteiger charge is -2.03. The van der Waals surface area contributed by atoms with E-state index in [2.05, 4.69) is 21.2 Å². The van der Waals surface area contributed by atoms with Gasteiger partial charge in [-0.3, -0.25) is 4.79 Å². The van der Waals surface area contributed by atoms with Crippen LogP contribution in [0.2, 0.25) is 0 Å². The lowest BCUT2D eigenvalue weighted by molar-refractivity contribution is -0.132. The molecule has 1 amide bonds. The summed E-state index contributed by atoms with van der Waals surface area (Å²) in [6.07, 6.45) is 2.61. The number of hydrogen-bond acceptors (Lipinski definition) is 4. The van der Waals surface area contributed by atoms with Crippen molar-refractivity contribution in [3.05, 3.63) is 52.4 Å². The molecular weight excluding hydrogens is 318 g/mol. The average Bonchev–Trinajstić information content (AvgIpc) is 2.99. The summed E-state index contributed by atoms with van der Waals surface area (Å²) in [6.45, 7) is 0. The van der Waals surface area contributed by atoms with Crippen LogP contribution in [0, 0.1) is 0 Å². The molecule has 2 aromatic heterocycles. The van der Waals surface area contributed by atoms with Gasteiger partial charge in [0.2, 0.25) is 0 Å². The van der Waals surface area contributed by atoms with Gasteiger partial charge in [-0.1, -0.05) is 0 Å². The summed E-state index contributed by atoms with van der Waals surface area (Å²) >= 11 is 3.05. The van der Waals surface area contributed by atoms with Crippen molar-refractivity contribution in [1.29, 1.82) is 0 Å². The number of hydrogen-bond donors (Lipinski definition) is 2. The first-order valence-corrected chi connectivity index (χ1v) is 5.91. The van der Waals surface area contributed by atoms with Crippen molar-refractivity contribution >= 4 is 33.9 Å². The van der Waals surface area contributed by atoms with E-state index in [-0.39, 0.29) is 11.5 Å². The number of halogens is 1. The zero-order valence-corrected chi connectivity index (χ0v) is 11.0. The molecule has 98 valence electrons. The van der Waals surface area contributed by atoms with E-state index >= 15 is 0 Å². The summed E-state index contributed by atoms with van der Waals surface area (Å²) < 4.78 is 10.4. The van der Waals surface area contributed by atoms with Gasteiger partial charge in [-0.2, -0.15) is 0 Å². The monoisotopic (exact) mass is 325 g/mol. The third kappa shape index (κ3) is 3.35. The van der Waals surface area contributed by atoms with Crippen molar-refractivity contribution in [2.75, 3.05) is 0 Å². The molecule has 0 saturated heterocycles. The van der Waals surface area contributed by atoms with Crippen LogP contribution in [0.1, 0.15) is 16.3 Å². The predicted molar refractivity (Wildman–Crippen MR) is 68.2 cm³/mol. The topological polar surface area (TPSA) is 92.7 Å². The van der Waals surface area contributed by atoms with Gasteiger partial charge < -0.3 is 19.3 Å². The molecule has 0 aliphatic rings. The first kappa shape index (κ1) is 13.2. The van der Waals surface area contributed by atoms with E-state index in [1.165, 1.54) is 24.5 Å². The summed E-state index contributed by atoms with van der Waals surface area (Å²) in [5.41, 5.74) is -0.313. The maximum atomic E-state index is 11.7. The van der Waals surface area contributed by atoms with Gasteiger partial charge in [0.15, 0.2) is 10.4 Å². The second-order valence-electron chi connectivity index (χ2n) is 3.44. The quantitative estimate of drug-likeness (QED) is 0.842. The number of amides is 1. The number of aliphatic carboxylic acids is 1. The van der Waals surface area contributed by atoms with Gasteiger partial charge in [-0.05, 0) is 40.2 Å². The van der Waals surface area contributed by atoms with Gasteiger partial charge >= 0.3 is 5.97 Å². The van der Waals surface area contributed by atoms with Crippen molar-refractivity contribution in [1.82, 2.24) is 5.32 Å². The minimum atomic E-state index is -1.28. The Hall–Kier alpha value is -2.28. The second kappa shape index (κ2) is 5.57. The maximum absolute atomic E-state index is 11.7. The number of carboxylic acid groups (broad SMARTS) is 1. The highest BCUT2D eigenvalue weighted by Crippen LogP contribution is 2.14. The third-order valence-electron chi connectivity index (χ3n) is 2.11. The van der Waals surface area contributed by atoms with Crippen molar-refractivity contribution in [2.45, 2.75) is 0 Å². The van der Waals surface area contributed by atoms with Gasteiger partial charge in [0, 0.05) is 6.08 Å². The van der Waals surface area contributed by atoms with Crippen molar-refractivity contribution in [3.8, 4) is 0 Å². The highest BCUT2D eigenvalue weighted by Gasteiger charge is 2.16. The molecule has 0 aromatic carbocycles. The molecule has 2 rings (SSSR count). The highest BCUT2D eigenvalue weighted by molar-refractivity contribution is 9.10. The van der Waals surface area contributed by atoms with Crippen molar-refractivity contribution < 1.29 is 23.5 Å². The van der Waals surface area contributed by atoms with Crippen LogP contribution < -0.4 is 5.32 Å². The molecule has 0 spiro atoms. The van der Waals surface area contributed by atoms with E-state index < -0.39 is 11.9 Å². The standard InChI is InChI=1S/C12H8BrNO5/c13-10-4-3-9(19-10)11(15)14-8(12(16)17)6-7-2-1-5-18-7/h1-6H,(H,14,15)(H,16,17). The van der Waals surface area contributed by atoms with Crippen LogP contribution in [0.3, 0.4) is 0 Å². The highest BCUT2D eigenvalue weighted by atomic mass is 79.9. The summed E-state index contributed by atoms with van der Waals surface area (Å²) in [5.74, 6) is -1.63. The number of carboxylic acids is 1. The van der Waals surface area contributed by atoms with Crippen LogP contribution in [0.15, 0.2) is 49.7 Å². The van der Waals surface area contributed by atoms with E-state index in [1.54, 1.807) is 12.1 Å². The summed E-state index contributed by atoms with van der Waals surface area (Å²) in [6, 6.07) is 6.13. The normalized spacial score (nSPS) is 11.3. The molecule has 0 saturated carbocycles. The molecule has 0 aliphatic carbocycles. The predicted octanol–water partition coefficient (Wildman–Crippen LogP) is 2.49. The molecule has 2 N–H and O–H groups in total. The van der Waals surface area contributed by atoms with E-state index in [1.807, 2.05) is 0 Å². The van der Waals surface area contributed by atoms with Gasteiger partial charge in [0.25, 0.3) is 5.91 Å². The Morgan fingerprint density at radius 2 is 2.11 bits per heavy atom. The van der Waals surface area contributed by atoms with Crippen LogP contribution in [-0.4, -0.2) is 17.0 Å². The number of rotatable bonds is 4.